The predicted molar refractivity (Wildman–Crippen MR) is 144 cm³/mol. The molecule has 1 unspecified atom stereocenters. The van der Waals surface area contributed by atoms with Gasteiger partial charge in [0.05, 0.1) is 23.4 Å². The fraction of sp³-hybridized carbons (Fsp3) is 0.520. The van der Waals surface area contributed by atoms with E-state index in [0.29, 0.717) is 24.6 Å². The zero-order valence-corrected chi connectivity index (χ0v) is 22.9. The van der Waals surface area contributed by atoms with Crippen molar-refractivity contribution in [3.63, 3.8) is 0 Å². The van der Waals surface area contributed by atoms with Crippen molar-refractivity contribution < 1.29 is 17.9 Å². The van der Waals surface area contributed by atoms with Crippen LogP contribution in [0.5, 0.6) is 0 Å². The van der Waals surface area contributed by atoms with Gasteiger partial charge in [-0.15, -0.1) is 11.3 Å². The number of hydrogen-bond donors (Lipinski definition) is 0. The molecule has 11 heteroatoms. The van der Waals surface area contributed by atoms with Gasteiger partial charge in [0.1, 0.15) is 10.3 Å². The van der Waals surface area contributed by atoms with Crippen LogP contribution in [0.3, 0.4) is 0 Å². The summed E-state index contributed by atoms with van der Waals surface area (Å²) < 4.78 is 35.1. The third kappa shape index (κ3) is 5.36. The zero-order chi connectivity index (χ0) is 25.1. The van der Waals surface area contributed by atoms with Crippen molar-refractivity contribution >= 4 is 54.0 Å². The molecule has 1 amide bonds. The lowest BCUT2D eigenvalue weighted by Gasteiger charge is -2.36. The van der Waals surface area contributed by atoms with Gasteiger partial charge in [-0.3, -0.25) is 14.6 Å². The van der Waals surface area contributed by atoms with Crippen molar-refractivity contribution in [3.05, 3.63) is 41.3 Å². The number of carbonyl (C=O) groups is 1. The molecule has 0 radical (unpaired) electrons. The maximum atomic E-state index is 14.1. The molecule has 4 heterocycles. The maximum absolute atomic E-state index is 14.1. The average molecular weight is 549 g/mol. The van der Waals surface area contributed by atoms with Crippen molar-refractivity contribution in [2.75, 3.05) is 50.8 Å². The summed E-state index contributed by atoms with van der Waals surface area (Å²) in [6, 6.07) is 8.68. The Morgan fingerprint density at radius 3 is 2.75 bits per heavy atom. The summed E-state index contributed by atoms with van der Waals surface area (Å²) in [6.45, 7) is 6.99. The van der Waals surface area contributed by atoms with Crippen LogP contribution in [0.15, 0.2) is 39.9 Å². The summed E-state index contributed by atoms with van der Waals surface area (Å²) in [6.07, 6.45) is 2.89. The molecule has 194 valence electrons. The highest BCUT2D eigenvalue weighted by Crippen LogP contribution is 2.34. The lowest BCUT2D eigenvalue weighted by molar-refractivity contribution is -0.123. The van der Waals surface area contributed by atoms with Gasteiger partial charge in [0, 0.05) is 32.7 Å². The van der Waals surface area contributed by atoms with Crippen LogP contribution in [0.1, 0.15) is 31.2 Å². The Labute approximate surface area is 220 Å². The Balaban J connectivity index is 1.43. The first-order valence-corrected chi connectivity index (χ1v) is 15.6. The van der Waals surface area contributed by atoms with Gasteiger partial charge in [0.25, 0.3) is 10.0 Å². The molecule has 5 rings (SSSR count). The van der Waals surface area contributed by atoms with Gasteiger partial charge >= 0.3 is 0 Å². The molecule has 2 fully saturated rings. The van der Waals surface area contributed by atoms with Gasteiger partial charge in [-0.25, -0.2) is 13.4 Å². The lowest BCUT2D eigenvalue weighted by atomic mass is 10.0. The van der Waals surface area contributed by atoms with E-state index < -0.39 is 16.1 Å². The largest absolute Gasteiger partial charge is 0.379 e. The van der Waals surface area contributed by atoms with E-state index in [9.17, 15) is 13.2 Å². The highest BCUT2D eigenvalue weighted by molar-refractivity contribution is 7.91. The van der Waals surface area contributed by atoms with Gasteiger partial charge in [-0.05, 0) is 49.3 Å². The number of thiazole rings is 1. The number of hydrogen-bond acceptors (Lipinski definition) is 8. The van der Waals surface area contributed by atoms with Crippen molar-refractivity contribution in [2.45, 2.75) is 42.9 Å². The number of aryl methyl sites for hydroxylation is 1. The number of piperidine rings is 1. The highest BCUT2D eigenvalue weighted by atomic mass is 32.2. The van der Waals surface area contributed by atoms with Crippen LogP contribution in [-0.2, 0) is 19.6 Å². The molecule has 2 aliphatic rings. The summed E-state index contributed by atoms with van der Waals surface area (Å²) in [5.74, 6) is -0.173. The summed E-state index contributed by atoms with van der Waals surface area (Å²) in [5, 5.41) is 2.40. The summed E-state index contributed by atoms with van der Waals surface area (Å²) in [7, 11) is -3.73. The Morgan fingerprint density at radius 1 is 1.17 bits per heavy atom. The second-order valence-electron chi connectivity index (χ2n) is 9.27. The average Bonchev–Trinajstić information content (AvgIpc) is 3.59. The minimum Gasteiger partial charge on any atom is -0.379 e. The first-order valence-electron chi connectivity index (χ1n) is 12.5. The summed E-state index contributed by atoms with van der Waals surface area (Å²) >= 11 is 2.69. The Morgan fingerprint density at radius 2 is 2.00 bits per heavy atom. The number of para-hydroxylation sites is 1. The molecular formula is C25H32N4O4S3. The number of carbonyl (C=O) groups excluding carboxylic acids is 1. The fourth-order valence-electron chi connectivity index (χ4n) is 4.91. The van der Waals surface area contributed by atoms with E-state index >= 15 is 0 Å². The molecule has 2 aromatic heterocycles. The van der Waals surface area contributed by atoms with Crippen LogP contribution < -0.4 is 4.90 Å². The molecular weight excluding hydrogens is 517 g/mol. The monoisotopic (exact) mass is 548 g/mol. The van der Waals surface area contributed by atoms with Crippen LogP contribution in [0.2, 0.25) is 0 Å². The van der Waals surface area contributed by atoms with Gasteiger partial charge in [0.2, 0.25) is 5.91 Å². The number of nitrogens with zero attached hydrogens (tertiary/aromatic N) is 4. The van der Waals surface area contributed by atoms with Crippen molar-refractivity contribution in [1.82, 2.24) is 14.2 Å². The summed E-state index contributed by atoms with van der Waals surface area (Å²) in [4.78, 5) is 23.1. The zero-order valence-electron chi connectivity index (χ0n) is 20.5. The second kappa shape index (κ2) is 11.2. The highest BCUT2D eigenvalue weighted by Gasteiger charge is 2.40. The van der Waals surface area contributed by atoms with Gasteiger partial charge in [-0.2, -0.15) is 4.31 Å². The van der Waals surface area contributed by atoms with Crippen molar-refractivity contribution in [1.29, 1.82) is 0 Å². The van der Waals surface area contributed by atoms with Gasteiger partial charge < -0.3 is 4.74 Å². The molecule has 0 N–H and O–H groups in total. The number of rotatable bonds is 8. The van der Waals surface area contributed by atoms with Gasteiger partial charge in [-0.1, -0.05) is 36.0 Å². The molecule has 36 heavy (non-hydrogen) atoms. The fourth-order valence-corrected chi connectivity index (χ4v) is 8.76. The number of sulfonamides is 1. The SMILES string of the molecule is Cc1cccc2sc(N(CCCN3CCOCC3)C(=O)C3CCCCN3S(=O)(=O)c3cccs3)nc12. The molecule has 2 saturated heterocycles. The Kier molecular flexibility index (Phi) is 8.04. The first-order chi connectivity index (χ1) is 17.4. The first kappa shape index (κ1) is 25.7. The third-order valence-corrected chi connectivity index (χ3v) is 11.2. The quantitative estimate of drug-likeness (QED) is 0.424. The lowest BCUT2D eigenvalue weighted by Crippen LogP contribution is -2.53. The Hall–Kier alpha value is -1.89. The number of fused-ring (bicyclic) bond motifs is 1. The Bertz CT molecular complexity index is 1290. The molecule has 0 spiro atoms. The number of thiophene rings is 1. The molecule has 0 bridgehead atoms. The van der Waals surface area contributed by atoms with Gasteiger partial charge in [0.15, 0.2) is 5.13 Å². The third-order valence-electron chi connectivity index (χ3n) is 6.86. The number of amides is 1. The number of aromatic nitrogens is 1. The molecule has 8 nitrogen and oxygen atoms in total. The molecule has 1 atom stereocenters. The van der Waals surface area contributed by atoms with E-state index in [4.69, 9.17) is 9.72 Å². The normalized spacial score (nSPS) is 20.1. The van der Waals surface area contributed by atoms with Crippen LogP contribution >= 0.6 is 22.7 Å². The van der Waals surface area contributed by atoms with E-state index in [1.807, 2.05) is 25.1 Å². The standard InChI is InChI=1S/C25H32N4O4S3/c1-19-7-4-9-21-23(19)26-25(35-21)28(12-6-11-27-14-16-33-17-15-27)24(30)20-8-2-3-13-29(20)36(31,32)22-10-5-18-34-22/h4-5,7,9-10,18,20H,2-3,6,8,11-17H2,1H3. The number of benzene rings is 1. The van der Waals surface area contributed by atoms with Crippen molar-refractivity contribution in [2.24, 2.45) is 0 Å². The van der Waals surface area contributed by atoms with Crippen LogP contribution in [0.4, 0.5) is 5.13 Å². The number of ether oxygens (including phenoxy) is 1. The maximum Gasteiger partial charge on any atom is 0.253 e. The topological polar surface area (TPSA) is 83.0 Å². The van der Waals surface area contributed by atoms with E-state index in [1.165, 1.54) is 27.0 Å². The minimum atomic E-state index is -3.73. The number of anilines is 1. The van der Waals surface area contributed by atoms with Crippen molar-refractivity contribution in [3.8, 4) is 0 Å². The molecule has 0 aliphatic carbocycles. The molecule has 0 saturated carbocycles. The predicted octanol–water partition coefficient (Wildman–Crippen LogP) is 3.96. The molecule has 1 aromatic carbocycles. The van der Waals surface area contributed by atoms with E-state index in [2.05, 4.69) is 4.90 Å². The molecule has 3 aromatic rings. The van der Waals surface area contributed by atoms with E-state index in [1.54, 1.807) is 22.4 Å². The van der Waals surface area contributed by atoms with E-state index in [-0.39, 0.29) is 10.1 Å². The van der Waals surface area contributed by atoms with Crippen LogP contribution in [0, 0.1) is 6.92 Å². The smallest absolute Gasteiger partial charge is 0.253 e. The van der Waals surface area contributed by atoms with Crippen LogP contribution in [0.25, 0.3) is 10.2 Å². The minimum absolute atomic E-state index is 0.173. The van der Waals surface area contributed by atoms with E-state index in [0.717, 1.165) is 67.9 Å². The number of morpholine rings is 1. The van der Waals surface area contributed by atoms with Crippen LogP contribution in [-0.4, -0.2) is 80.5 Å². The second-order valence-corrected chi connectivity index (χ2v) is 13.3. The molecule has 2 aliphatic heterocycles. The summed E-state index contributed by atoms with van der Waals surface area (Å²) in [5.41, 5.74) is 1.96.